The minimum Gasteiger partial charge on any atom is -0.497 e. The lowest BCUT2D eigenvalue weighted by Crippen LogP contribution is -2.13. The minimum absolute atomic E-state index is 0.342. The second kappa shape index (κ2) is 11.6. The van der Waals surface area contributed by atoms with Crippen molar-refractivity contribution in [2.24, 2.45) is 0 Å². The van der Waals surface area contributed by atoms with Crippen LogP contribution in [-0.4, -0.2) is 29.8 Å². The summed E-state index contributed by atoms with van der Waals surface area (Å²) in [7, 11) is 1.65. The van der Waals surface area contributed by atoms with Crippen LogP contribution in [0.4, 0.5) is 0 Å². The Hall–Kier alpha value is -4.10. The van der Waals surface area contributed by atoms with Gasteiger partial charge >= 0.3 is 5.97 Å². The molecule has 0 fully saturated rings. The molecule has 0 aliphatic heterocycles. The molecule has 1 aromatic heterocycles. The van der Waals surface area contributed by atoms with E-state index in [1.807, 2.05) is 86.6 Å². The first-order valence-electron chi connectivity index (χ1n) is 11.6. The monoisotopic (exact) mass is 487 g/mol. The number of hydrogen-bond acceptors (Lipinski definition) is 6. The van der Waals surface area contributed by atoms with Gasteiger partial charge in [-0.25, -0.2) is 4.79 Å². The maximum Gasteiger partial charge on any atom is 0.341 e. The fraction of sp³-hybridized carbons (Fsp3) is 0.241. The van der Waals surface area contributed by atoms with Gasteiger partial charge in [0.25, 0.3) is 0 Å². The van der Waals surface area contributed by atoms with Crippen LogP contribution in [-0.2, 0) is 22.7 Å². The highest BCUT2D eigenvalue weighted by Gasteiger charge is 2.16. The number of carboxylic acids is 1. The van der Waals surface area contributed by atoms with Gasteiger partial charge in [0.15, 0.2) is 6.61 Å². The molecule has 0 aliphatic carbocycles. The molecule has 0 bridgehead atoms. The lowest BCUT2D eigenvalue weighted by molar-refractivity contribution is -0.139. The molecular formula is C29H29NO6. The first kappa shape index (κ1) is 25.0. The number of para-hydroxylation sites is 1. The number of carbonyl (C=O) groups is 1. The molecule has 186 valence electrons. The molecule has 0 spiro atoms. The summed E-state index contributed by atoms with van der Waals surface area (Å²) in [6.07, 6.45) is -0.342. The average Bonchev–Trinajstić information content (AvgIpc) is 2.87. The summed E-state index contributed by atoms with van der Waals surface area (Å²) in [5.41, 5.74) is 4.36. The number of benzene rings is 3. The Morgan fingerprint density at radius 2 is 1.81 bits per heavy atom. The van der Waals surface area contributed by atoms with E-state index in [1.165, 1.54) is 0 Å². The number of aliphatic carboxylic acids is 1. The lowest BCUT2D eigenvalue weighted by atomic mass is 10.1. The van der Waals surface area contributed by atoms with E-state index >= 15 is 0 Å². The van der Waals surface area contributed by atoms with E-state index in [0.717, 1.165) is 39.0 Å². The number of pyridine rings is 1. The van der Waals surface area contributed by atoms with Crippen molar-refractivity contribution >= 4 is 16.9 Å². The molecule has 7 nitrogen and oxygen atoms in total. The van der Waals surface area contributed by atoms with Crippen LogP contribution in [0.1, 0.15) is 35.4 Å². The van der Waals surface area contributed by atoms with Crippen molar-refractivity contribution in [3.63, 3.8) is 0 Å². The number of aromatic nitrogens is 1. The van der Waals surface area contributed by atoms with Crippen molar-refractivity contribution in [1.82, 2.24) is 4.98 Å². The molecule has 4 aromatic rings. The summed E-state index contributed by atoms with van der Waals surface area (Å²) in [4.78, 5) is 15.6. The fourth-order valence-electron chi connectivity index (χ4n) is 3.93. The van der Waals surface area contributed by atoms with Crippen molar-refractivity contribution in [2.75, 3.05) is 13.7 Å². The third kappa shape index (κ3) is 6.31. The number of fused-ring (bicyclic) bond motifs is 1. The predicted octanol–water partition coefficient (Wildman–Crippen LogP) is 5.87. The van der Waals surface area contributed by atoms with Crippen molar-refractivity contribution in [3.8, 4) is 17.2 Å². The van der Waals surface area contributed by atoms with Gasteiger partial charge in [0.1, 0.15) is 23.4 Å². The Bertz CT molecular complexity index is 1350. The van der Waals surface area contributed by atoms with Crippen molar-refractivity contribution < 1.29 is 28.8 Å². The number of hydrogen-bond donors (Lipinski definition) is 1. The number of nitrogens with zero attached hydrogens (tertiary/aromatic N) is 1. The highest BCUT2D eigenvalue weighted by atomic mass is 16.5. The molecule has 0 aliphatic rings. The molecule has 1 atom stereocenters. The number of carboxylic acid groups (broad SMARTS) is 1. The zero-order valence-electron chi connectivity index (χ0n) is 20.6. The molecule has 36 heavy (non-hydrogen) atoms. The highest BCUT2D eigenvalue weighted by molar-refractivity contribution is 5.80. The summed E-state index contributed by atoms with van der Waals surface area (Å²) in [5.74, 6) is 1.00. The lowest BCUT2D eigenvalue weighted by Gasteiger charge is -2.20. The Kier molecular flexibility index (Phi) is 8.02. The molecule has 1 heterocycles. The first-order chi connectivity index (χ1) is 17.4. The third-order valence-corrected chi connectivity index (χ3v) is 5.70. The zero-order valence-corrected chi connectivity index (χ0v) is 20.6. The van der Waals surface area contributed by atoms with Crippen molar-refractivity contribution in [3.05, 3.63) is 95.2 Å². The quantitative estimate of drug-likeness (QED) is 0.283. The van der Waals surface area contributed by atoms with Gasteiger partial charge in [-0.05, 0) is 61.4 Å². The van der Waals surface area contributed by atoms with E-state index in [4.69, 9.17) is 24.1 Å². The normalized spacial score (nSPS) is 11.8. The molecular weight excluding hydrogens is 458 g/mol. The highest BCUT2D eigenvalue weighted by Crippen LogP contribution is 2.32. The number of methoxy groups -OCH3 is 1. The van der Waals surface area contributed by atoms with Crippen LogP contribution < -0.4 is 14.2 Å². The predicted molar refractivity (Wildman–Crippen MR) is 137 cm³/mol. The summed E-state index contributed by atoms with van der Waals surface area (Å²) >= 11 is 0. The van der Waals surface area contributed by atoms with E-state index in [2.05, 4.69) is 4.98 Å². The van der Waals surface area contributed by atoms with E-state index < -0.39 is 12.6 Å². The van der Waals surface area contributed by atoms with Crippen LogP contribution in [0, 0.1) is 6.92 Å². The largest absolute Gasteiger partial charge is 0.497 e. The van der Waals surface area contributed by atoms with Crippen LogP contribution in [0.3, 0.4) is 0 Å². The minimum atomic E-state index is -1.02. The maximum absolute atomic E-state index is 11.0. The first-order valence-corrected chi connectivity index (χ1v) is 11.6. The maximum atomic E-state index is 11.0. The van der Waals surface area contributed by atoms with Gasteiger partial charge < -0.3 is 24.1 Å². The summed E-state index contributed by atoms with van der Waals surface area (Å²) in [5, 5.41) is 10.0. The van der Waals surface area contributed by atoms with Crippen molar-refractivity contribution in [1.29, 1.82) is 0 Å². The van der Waals surface area contributed by atoms with Crippen LogP contribution in [0.5, 0.6) is 17.2 Å². The molecule has 0 radical (unpaired) electrons. The van der Waals surface area contributed by atoms with Crippen molar-refractivity contribution in [2.45, 2.75) is 33.2 Å². The molecule has 1 N–H and O–H groups in total. The molecule has 3 aromatic carbocycles. The van der Waals surface area contributed by atoms with E-state index in [-0.39, 0.29) is 6.10 Å². The Balaban J connectivity index is 1.38. The van der Waals surface area contributed by atoms with Gasteiger partial charge in [0.05, 0.1) is 31.5 Å². The number of aryl methyl sites for hydroxylation is 1. The second-order valence-electron chi connectivity index (χ2n) is 8.44. The SMILES string of the molecule is COc1ccc2nc(COCc3cccc(OC(C)c4cccc(C)c4OCC(=O)O)c3)ccc2c1. The fourth-order valence-corrected chi connectivity index (χ4v) is 3.93. The summed E-state index contributed by atoms with van der Waals surface area (Å²) in [6.45, 7) is 4.18. The van der Waals surface area contributed by atoms with Gasteiger partial charge in [-0.1, -0.05) is 36.4 Å². The molecule has 0 saturated heterocycles. The van der Waals surface area contributed by atoms with Crippen LogP contribution in [0.15, 0.2) is 72.8 Å². The van der Waals surface area contributed by atoms with Gasteiger partial charge in [0, 0.05) is 10.9 Å². The Morgan fingerprint density at radius 3 is 2.61 bits per heavy atom. The molecule has 4 rings (SSSR count). The molecule has 0 amide bonds. The van der Waals surface area contributed by atoms with Crippen LogP contribution >= 0.6 is 0 Å². The van der Waals surface area contributed by atoms with E-state index in [0.29, 0.717) is 24.7 Å². The molecule has 0 saturated carbocycles. The van der Waals surface area contributed by atoms with Gasteiger partial charge in [0.2, 0.25) is 0 Å². The van der Waals surface area contributed by atoms with Gasteiger partial charge in [-0.15, -0.1) is 0 Å². The van der Waals surface area contributed by atoms with Crippen LogP contribution in [0.25, 0.3) is 10.9 Å². The Labute approximate surface area is 210 Å². The topological polar surface area (TPSA) is 87.1 Å². The van der Waals surface area contributed by atoms with E-state index in [1.54, 1.807) is 7.11 Å². The standard InChI is InChI=1S/C29H29NO6/c1-19-6-4-9-26(29(19)35-18-28(31)32)20(2)36-25-8-5-7-21(14-25)16-34-17-23-11-10-22-15-24(33-3)12-13-27(22)30-23/h4-15,20H,16-18H2,1-3H3,(H,31,32). The zero-order chi connectivity index (χ0) is 25.5. The smallest absolute Gasteiger partial charge is 0.341 e. The summed E-state index contributed by atoms with van der Waals surface area (Å²) in [6, 6.07) is 23.1. The van der Waals surface area contributed by atoms with Crippen LogP contribution in [0.2, 0.25) is 0 Å². The number of rotatable bonds is 11. The van der Waals surface area contributed by atoms with Gasteiger partial charge in [-0.2, -0.15) is 0 Å². The average molecular weight is 488 g/mol. The number of ether oxygens (including phenoxy) is 4. The van der Waals surface area contributed by atoms with Gasteiger partial charge in [-0.3, -0.25) is 4.98 Å². The third-order valence-electron chi connectivity index (χ3n) is 5.70. The Morgan fingerprint density at radius 1 is 0.972 bits per heavy atom. The molecule has 7 heteroatoms. The second-order valence-corrected chi connectivity index (χ2v) is 8.44. The summed E-state index contributed by atoms with van der Waals surface area (Å²) < 4.78 is 22.9. The van der Waals surface area contributed by atoms with E-state index in [9.17, 15) is 4.79 Å². The molecule has 1 unspecified atom stereocenters.